The fourth-order valence-corrected chi connectivity index (χ4v) is 3.85. The molecule has 2 atom stereocenters. The van der Waals surface area contributed by atoms with E-state index in [2.05, 4.69) is 5.32 Å². The molecule has 0 spiro atoms. The van der Waals surface area contributed by atoms with Crippen LogP contribution in [-0.2, 0) is 11.2 Å². The fraction of sp³-hybridized carbons (Fsp3) is 0.500. The van der Waals surface area contributed by atoms with Crippen LogP contribution in [0.1, 0.15) is 12.5 Å². The number of carboxylic acid groups (broad SMARTS) is 1. The third-order valence-corrected chi connectivity index (χ3v) is 4.96. The monoisotopic (exact) mass is 300 g/mol. The highest BCUT2D eigenvalue weighted by Gasteiger charge is 2.39. The number of thioether (sulfide) groups is 1. The summed E-state index contributed by atoms with van der Waals surface area (Å²) in [6, 6.07) is 1.01. The van der Waals surface area contributed by atoms with Gasteiger partial charge in [-0.3, -0.25) is 4.90 Å². The molecule has 2 heterocycles. The minimum atomic E-state index is -0.940. The molecule has 1 aromatic rings. The number of nitrogens with one attached hydrogen (secondary N) is 1. The molecule has 2 rings (SSSR count). The van der Waals surface area contributed by atoms with Crippen molar-refractivity contribution in [2.45, 2.75) is 24.8 Å². The first-order chi connectivity index (χ1) is 9.09. The van der Waals surface area contributed by atoms with E-state index in [-0.39, 0.29) is 11.4 Å². The minimum Gasteiger partial charge on any atom is -0.480 e. The van der Waals surface area contributed by atoms with Crippen molar-refractivity contribution in [3.8, 4) is 0 Å². The lowest BCUT2D eigenvalue weighted by molar-refractivity contribution is -0.141. The summed E-state index contributed by atoms with van der Waals surface area (Å²) >= 11 is 3.11. The Bertz CT molecular complexity index is 450. The largest absolute Gasteiger partial charge is 0.480 e. The molecule has 0 aliphatic carbocycles. The van der Waals surface area contributed by atoms with Crippen molar-refractivity contribution in [3.05, 3.63) is 22.4 Å². The van der Waals surface area contributed by atoms with E-state index < -0.39 is 12.0 Å². The predicted octanol–water partition coefficient (Wildman–Crippen LogP) is 1.85. The van der Waals surface area contributed by atoms with E-state index >= 15 is 0 Å². The van der Waals surface area contributed by atoms with E-state index in [0.29, 0.717) is 12.3 Å². The molecule has 0 bridgehead atoms. The number of rotatable bonds is 4. The Morgan fingerprint density at radius 1 is 1.58 bits per heavy atom. The first-order valence-corrected chi connectivity index (χ1v) is 8.00. The summed E-state index contributed by atoms with van der Waals surface area (Å²) in [7, 11) is 0. The van der Waals surface area contributed by atoms with Gasteiger partial charge in [-0.15, -0.1) is 11.8 Å². The van der Waals surface area contributed by atoms with Gasteiger partial charge in [-0.1, -0.05) is 0 Å². The van der Waals surface area contributed by atoms with Crippen molar-refractivity contribution in [2.24, 2.45) is 0 Å². The van der Waals surface area contributed by atoms with Crippen LogP contribution in [0.3, 0.4) is 0 Å². The Kier molecular flexibility index (Phi) is 4.71. The first-order valence-electron chi connectivity index (χ1n) is 6.01. The highest BCUT2D eigenvalue weighted by Crippen LogP contribution is 2.28. The van der Waals surface area contributed by atoms with E-state index in [1.54, 1.807) is 11.3 Å². The van der Waals surface area contributed by atoms with Crippen LogP contribution in [0.4, 0.5) is 4.79 Å². The molecular weight excluding hydrogens is 284 g/mol. The molecule has 1 aliphatic heterocycles. The van der Waals surface area contributed by atoms with Crippen LogP contribution in [0.15, 0.2) is 16.8 Å². The number of urea groups is 1. The second-order valence-electron chi connectivity index (χ2n) is 4.31. The zero-order chi connectivity index (χ0) is 13.8. The smallest absolute Gasteiger partial charge is 0.327 e. The highest BCUT2D eigenvalue weighted by molar-refractivity contribution is 8.00. The van der Waals surface area contributed by atoms with Gasteiger partial charge in [0.15, 0.2) is 0 Å². The number of hydrogen-bond acceptors (Lipinski definition) is 4. The van der Waals surface area contributed by atoms with Gasteiger partial charge in [0.25, 0.3) is 0 Å². The van der Waals surface area contributed by atoms with Crippen molar-refractivity contribution < 1.29 is 14.7 Å². The number of carboxylic acids is 1. The number of carbonyl (C=O) groups excluding carboxylic acids is 1. The van der Waals surface area contributed by atoms with Gasteiger partial charge in [0, 0.05) is 12.3 Å². The van der Waals surface area contributed by atoms with Gasteiger partial charge in [0.1, 0.15) is 6.04 Å². The molecule has 1 aromatic heterocycles. The van der Waals surface area contributed by atoms with E-state index in [4.69, 9.17) is 5.11 Å². The van der Waals surface area contributed by atoms with Crippen LogP contribution in [0, 0.1) is 0 Å². The maximum Gasteiger partial charge on any atom is 0.327 e. The number of carbonyl (C=O) groups is 2. The van der Waals surface area contributed by atoms with Crippen LogP contribution >= 0.6 is 23.1 Å². The van der Waals surface area contributed by atoms with Gasteiger partial charge >= 0.3 is 12.0 Å². The standard InChI is InChI=1S/C12H16N2O3S2/c1-8-14(10(7-19-8)11(15)16)12(17)13-4-2-9-3-5-18-6-9/h3,5-6,8,10H,2,4,7H2,1H3,(H,13,17)(H,15,16). The Morgan fingerprint density at radius 2 is 2.37 bits per heavy atom. The average Bonchev–Trinajstić information content (AvgIpc) is 2.98. The summed E-state index contributed by atoms with van der Waals surface area (Å²) in [5, 5.41) is 15.8. The Morgan fingerprint density at radius 3 is 3.00 bits per heavy atom. The topological polar surface area (TPSA) is 69.6 Å². The Hall–Kier alpha value is -1.21. The average molecular weight is 300 g/mol. The number of thiophene rings is 1. The quantitative estimate of drug-likeness (QED) is 0.890. The van der Waals surface area contributed by atoms with Gasteiger partial charge in [0.05, 0.1) is 5.37 Å². The maximum absolute atomic E-state index is 12.0. The van der Waals surface area contributed by atoms with Crippen LogP contribution in [0.5, 0.6) is 0 Å². The third-order valence-electron chi connectivity index (χ3n) is 3.01. The molecule has 5 nitrogen and oxygen atoms in total. The summed E-state index contributed by atoms with van der Waals surface area (Å²) in [5.74, 6) is -0.487. The Labute approximate surface area is 120 Å². The van der Waals surface area contributed by atoms with Crippen LogP contribution in [0.25, 0.3) is 0 Å². The first kappa shape index (κ1) is 14.2. The van der Waals surface area contributed by atoms with E-state index in [0.717, 1.165) is 6.42 Å². The van der Waals surface area contributed by atoms with Crippen LogP contribution in [0.2, 0.25) is 0 Å². The SMILES string of the molecule is CC1SCC(C(=O)O)N1C(=O)NCCc1ccsc1. The number of nitrogens with zero attached hydrogens (tertiary/aromatic N) is 1. The third kappa shape index (κ3) is 3.42. The highest BCUT2D eigenvalue weighted by atomic mass is 32.2. The van der Waals surface area contributed by atoms with E-state index in [9.17, 15) is 9.59 Å². The number of aliphatic carboxylic acids is 1. The molecule has 2 amide bonds. The molecule has 7 heteroatoms. The normalized spacial score (nSPS) is 22.5. The van der Waals surface area contributed by atoms with E-state index in [1.165, 1.54) is 22.2 Å². The summed E-state index contributed by atoms with van der Waals surface area (Å²) in [5.41, 5.74) is 1.18. The molecule has 1 fully saturated rings. The second-order valence-corrected chi connectivity index (χ2v) is 6.44. The molecule has 1 aliphatic rings. The van der Waals surface area contributed by atoms with Crippen molar-refractivity contribution in [2.75, 3.05) is 12.3 Å². The van der Waals surface area contributed by atoms with Crippen molar-refractivity contribution in [1.29, 1.82) is 0 Å². The maximum atomic E-state index is 12.0. The molecular formula is C12H16N2O3S2. The molecule has 104 valence electrons. The van der Waals surface area contributed by atoms with Gasteiger partial charge in [-0.25, -0.2) is 9.59 Å². The molecule has 2 unspecified atom stereocenters. The minimum absolute atomic E-state index is 0.0951. The van der Waals surface area contributed by atoms with Gasteiger partial charge < -0.3 is 10.4 Å². The van der Waals surface area contributed by atoms with Crippen molar-refractivity contribution >= 4 is 35.1 Å². The lowest BCUT2D eigenvalue weighted by Crippen LogP contribution is -2.49. The number of hydrogen-bond donors (Lipinski definition) is 2. The van der Waals surface area contributed by atoms with Gasteiger partial charge in [0.2, 0.25) is 0 Å². The molecule has 0 radical (unpaired) electrons. The van der Waals surface area contributed by atoms with Crippen molar-refractivity contribution in [1.82, 2.24) is 10.2 Å². The lowest BCUT2D eigenvalue weighted by Gasteiger charge is -2.25. The van der Waals surface area contributed by atoms with Crippen LogP contribution in [-0.4, -0.2) is 45.7 Å². The summed E-state index contributed by atoms with van der Waals surface area (Å²) in [6.07, 6.45) is 0.766. The summed E-state index contributed by atoms with van der Waals surface area (Å²) in [4.78, 5) is 24.5. The number of amides is 2. The fourth-order valence-electron chi connectivity index (χ4n) is 1.98. The van der Waals surface area contributed by atoms with Crippen molar-refractivity contribution in [3.63, 3.8) is 0 Å². The molecule has 19 heavy (non-hydrogen) atoms. The summed E-state index contributed by atoms with van der Waals surface area (Å²) < 4.78 is 0. The Balaban J connectivity index is 1.86. The van der Waals surface area contributed by atoms with Gasteiger partial charge in [-0.05, 0) is 35.7 Å². The molecule has 2 N–H and O–H groups in total. The van der Waals surface area contributed by atoms with Crippen LogP contribution < -0.4 is 5.32 Å². The van der Waals surface area contributed by atoms with Gasteiger partial charge in [-0.2, -0.15) is 11.3 Å². The lowest BCUT2D eigenvalue weighted by atomic mass is 10.2. The molecule has 0 saturated carbocycles. The molecule has 0 aromatic carbocycles. The molecule has 1 saturated heterocycles. The zero-order valence-electron chi connectivity index (χ0n) is 10.5. The second kappa shape index (κ2) is 6.29. The summed E-state index contributed by atoms with van der Waals surface area (Å²) in [6.45, 7) is 2.38. The predicted molar refractivity (Wildman–Crippen MR) is 76.6 cm³/mol. The zero-order valence-corrected chi connectivity index (χ0v) is 12.2. The van der Waals surface area contributed by atoms with E-state index in [1.807, 2.05) is 23.8 Å².